The molecule has 108 valence electrons. The molecule has 1 unspecified atom stereocenters. The van der Waals surface area contributed by atoms with Gasteiger partial charge in [-0.2, -0.15) is 5.26 Å². The van der Waals surface area contributed by atoms with E-state index in [2.05, 4.69) is 4.98 Å². The summed E-state index contributed by atoms with van der Waals surface area (Å²) in [6.07, 6.45) is 2.53. The molecule has 22 heavy (non-hydrogen) atoms. The molecule has 1 atom stereocenters. The van der Waals surface area contributed by atoms with Gasteiger partial charge in [-0.15, -0.1) is 0 Å². The molecule has 8 heteroatoms. The quantitative estimate of drug-likeness (QED) is 0.602. The number of hydrogen-bond acceptors (Lipinski definition) is 5. The van der Waals surface area contributed by atoms with Crippen molar-refractivity contribution >= 4 is 5.97 Å². The summed E-state index contributed by atoms with van der Waals surface area (Å²) in [7, 11) is 0. The number of carbonyl (C=O) groups is 1. The average Bonchev–Trinajstić information content (AvgIpc) is 2.86. The van der Waals surface area contributed by atoms with Crippen LogP contribution in [-0.2, 0) is 16.9 Å². The number of nitrogens with zero attached hydrogens (tertiary/aromatic N) is 3. The second-order valence-electron chi connectivity index (χ2n) is 4.66. The first kappa shape index (κ1) is 17.9. The Kier molecular flexibility index (Phi) is 5.51. The maximum Gasteiger partial charge on any atom is 1.00 e. The fourth-order valence-corrected chi connectivity index (χ4v) is 2.05. The van der Waals surface area contributed by atoms with Crippen LogP contribution in [0.15, 0.2) is 30.7 Å². The maximum atomic E-state index is 13.7. The molecule has 0 aliphatic carbocycles. The molecule has 0 saturated carbocycles. The summed E-state index contributed by atoms with van der Waals surface area (Å²) in [4.78, 5) is 14.5. The van der Waals surface area contributed by atoms with Crippen molar-refractivity contribution < 1.29 is 38.3 Å². The summed E-state index contributed by atoms with van der Waals surface area (Å²) in [6, 6.07) is 5.37. The number of aromatic nitrogens is 2. The van der Waals surface area contributed by atoms with Gasteiger partial charge in [0.1, 0.15) is 17.5 Å². The summed E-state index contributed by atoms with van der Waals surface area (Å²) in [5, 5.41) is 30.0. The van der Waals surface area contributed by atoms with Gasteiger partial charge in [-0.05, 0) is 24.6 Å². The summed E-state index contributed by atoms with van der Waals surface area (Å²) < 4.78 is 14.9. The van der Waals surface area contributed by atoms with E-state index >= 15 is 0 Å². The summed E-state index contributed by atoms with van der Waals surface area (Å²) in [5.74, 6) is -2.10. The molecule has 0 aliphatic rings. The normalized spacial score (nSPS) is 12.8. The fourth-order valence-electron chi connectivity index (χ4n) is 2.05. The number of carbonyl (C=O) groups excluding carboxylic acids is 1. The van der Waals surface area contributed by atoms with E-state index in [1.807, 2.05) is 0 Å². The molecule has 0 spiro atoms. The van der Waals surface area contributed by atoms with Gasteiger partial charge in [0.15, 0.2) is 0 Å². The number of carboxylic acid groups (broad SMARTS) is 1. The van der Waals surface area contributed by atoms with Crippen LogP contribution >= 0.6 is 0 Å². The molecule has 0 fully saturated rings. The third-order valence-corrected chi connectivity index (χ3v) is 3.16. The van der Waals surface area contributed by atoms with E-state index in [9.17, 15) is 19.4 Å². The van der Waals surface area contributed by atoms with Crippen molar-refractivity contribution in [3.05, 3.63) is 53.4 Å². The number of halogens is 1. The van der Waals surface area contributed by atoms with Gasteiger partial charge in [-0.25, -0.2) is 9.37 Å². The van der Waals surface area contributed by atoms with Crippen LogP contribution in [0.25, 0.3) is 0 Å². The smallest absolute Gasteiger partial charge is 0.548 e. The zero-order chi connectivity index (χ0) is 15.6. The van der Waals surface area contributed by atoms with Gasteiger partial charge in [-0.3, -0.25) is 0 Å². The van der Waals surface area contributed by atoms with Crippen LogP contribution in [-0.4, -0.2) is 20.6 Å². The molecule has 0 aliphatic heterocycles. The average molecular weight is 295 g/mol. The number of aliphatic carboxylic acids is 1. The molecule has 2 rings (SSSR count). The molecule has 2 aromatic rings. The van der Waals surface area contributed by atoms with Crippen molar-refractivity contribution in [3.63, 3.8) is 0 Å². The number of carboxylic acids is 1. The molecule has 1 aromatic carbocycles. The van der Waals surface area contributed by atoms with Crippen LogP contribution in [0.5, 0.6) is 0 Å². The van der Waals surface area contributed by atoms with E-state index in [-0.39, 0.29) is 35.7 Å². The third-order valence-electron chi connectivity index (χ3n) is 3.16. The SMILES string of the molecule is CC(O)(c1ccc(C#N)c(F)c1)c1cncn1CC(=O)[O-].[Li+]. The molecular formula is C14H11FLiN3O3. The Balaban J connectivity index is 0.00000242. The Morgan fingerprint density at radius 1 is 1.59 bits per heavy atom. The third kappa shape index (κ3) is 3.37. The van der Waals surface area contributed by atoms with Crippen LogP contribution < -0.4 is 24.0 Å². The molecule has 0 saturated heterocycles. The van der Waals surface area contributed by atoms with Gasteiger partial charge in [0.05, 0.1) is 36.3 Å². The summed E-state index contributed by atoms with van der Waals surface area (Å²) >= 11 is 0. The van der Waals surface area contributed by atoms with E-state index < -0.39 is 23.9 Å². The minimum absolute atomic E-state index is 0. The Morgan fingerprint density at radius 3 is 2.82 bits per heavy atom. The molecule has 6 nitrogen and oxygen atoms in total. The van der Waals surface area contributed by atoms with Crippen LogP contribution in [0.4, 0.5) is 4.39 Å². The van der Waals surface area contributed by atoms with Gasteiger partial charge in [0, 0.05) is 0 Å². The molecule has 0 radical (unpaired) electrons. The van der Waals surface area contributed by atoms with Crippen molar-refractivity contribution in [2.45, 2.75) is 19.1 Å². The topological polar surface area (TPSA) is 102 Å². The number of nitriles is 1. The largest absolute Gasteiger partial charge is 1.00 e. The second kappa shape index (κ2) is 6.76. The molecular weight excluding hydrogens is 284 g/mol. The van der Waals surface area contributed by atoms with Crippen molar-refractivity contribution in [1.29, 1.82) is 5.26 Å². The maximum absolute atomic E-state index is 13.7. The standard InChI is InChI=1S/C14H12FN3O3.Li/c1-14(21,10-3-2-9(5-16)11(15)4-10)12-6-17-8-18(12)7-13(19)20;/h2-4,6,8,21H,7H2,1H3,(H,19,20);/q;+1/p-1. The molecule has 1 aromatic heterocycles. The molecule has 1 heterocycles. The van der Waals surface area contributed by atoms with Gasteiger partial charge >= 0.3 is 18.9 Å². The predicted octanol–water partition coefficient (Wildman–Crippen LogP) is -3.10. The minimum Gasteiger partial charge on any atom is -0.548 e. The molecule has 0 bridgehead atoms. The zero-order valence-corrected chi connectivity index (χ0v) is 12.1. The van der Waals surface area contributed by atoms with Crippen molar-refractivity contribution in [2.24, 2.45) is 0 Å². The van der Waals surface area contributed by atoms with Crippen LogP contribution in [0.1, 0.15) is 23.7 Å². The summed E-state index contributed by atoms with van der Waals surface area (Å²) in [6.45, 7) is 0.904. The Bertz CT molecular complexity index is 737. The second-order valence-corrected chi connectivity index (χ2v) is 4.66. The summed E-state index contributed by atoms with van der Waals surface area (Å²) in [5.41, 5.74) is -1.45. The minimum atomic E-state index is -1.67. The Morgan fingerprint density at radius 2 is 2.27 bits per heavy atom. The van der Waals surface area contributed by atoms with E-state index in [4.69, 9.17) is 5.26 Å². The fraction of sp³-hybridized carbons (Fsp3) is 0.214. The van der Waals surface area contributed by atoms with Crippen LogP contribution in [0.2, 0.25) is 0 Å². The Labute approximate surface area is 138 Å². The molecule has 0 amide bonds. The number of benzene rings is 1. The van der Waals surface area contributed by atoms with Gasteiger partial charge in [0.2, 0.25) is 0 Å². The number of rotatable bonds is 4. The zero-order valence-electron chi connectivity index (χ0n) is 12.1. The predicted molar refractivity (Wildman–Crippen MR) is 67.0 cm³/mol. The van der Waals surface area contributed by atoms with Crippen molar-refractivity contribution in [1.82, 2.24) is 9.55 Å². The Hall–Kier alpha value is -2.12. The van der Waals surface area contributed by atoms with Crippen molar-refractivity contribution in [3.8, 4) is 6.07 Å². The van der Waals surface area contributed by atoms with Gasteiger partial charge < -0.3 is 19.6 Å². The van der Waals surface area contributed by atoms with E-state index in [0.717, 1.165) is 6.07 Å². The van der Waals surface area contributed by atoms with E-state index in [0.29, 0.717) is 0 Å². The van der Waals surface area contributed by atoms with Crippen LogP contribution in [0, 0.1) is 17.1 Å². The first-order valence-electron chi connectivity index (χ1n) is 5.99. The van der Waals surface area contributed by atoms with Gasteiger partial charge in [-0.1, -0.05) is 6.07 Å². The first-order chi connectivity index (χ1) is 9.86. The number of hydrogen-bond donors (Lipinski definition) is 1. The number of imidazole rings is 1. The monoisotopic (exact) mass is 295 g/mol. The van der Waals surface area contributed by atoms with Gasteiger partial charge in [0.25, 0.3) is 0 Å². The van der Waals surface area contributed by atoms with E-state index in [1.54, 1.807) is 6.07 Å². The first-order valence-corrected chi connectivity index (χ1v) is 5.99. The molecule has 1 N–H and O–H groups in total. The van der Waals surface area contributed by atoms with Crippen LogP contribution in [0.3, 0.4) is 0 Å². The van der Waals surface area contributed by atoms with E-state index in [1.165, 1.54) is 36.1 Å². The number of aliphatic hydroxyl groups is 1. The van der Waals surface area contributed by atoms with Crippen molar-refractivity contribution in [2.75, 3.05) is 0 Å².